The van der Waals surface area contributed by atoms with E-state index in [-0.39, 0.29) is 5.84 Å². The van der Waals surface area contributed by atoms with E-state index >= 15 is 0 Å². The number of nitrogens with zero attached hydrogens (tertiary/aromatic N) is 2. The fourth-order valence-corrected chi connectivity index (χ4v) is 1.55. The van der Waals surface area contributed by atoms with Crippen molar-refractivity contribution in [1.29, 1.82) is 0 Å². The summed E-state index contributed by atoms with van der Waals surface area (Å²) in [6.07, 6.45) is 1.61. The average Bonchev–Trinajstić information content (AvgIpc) is 2.42. The Morgan fingerprint density at radius 3 is 3.05 bits per heavy atom. The largest absolute Gasteiger partial charge is 0.409 e. The van der Waals surface area contributed by atoms with Crippen LogP contribution in [-0.4, -0.2) is 35.8 Å². The Morgan fingerprint density at radius 2 is 2.37 bits per heavy atom. The van der Waals surface area contributed by atoms with Gasteiger partial charge in [0.25, 0.3) is 0 Å². The molecule has 106 valence electrons. The van der Waals surface area contributed by atoms with E-state index in [0.29, 0.717) is 24.8 Å². The van der Waals surface area contributed by atoms with E-state index in [1.807, 2.05) is 12.1 Å². The second-order valence-corrected chi connectivity index (χ2v) is 4.64. The molecule has 0 spiro atoms. The van der Waals surface area contributed by atoms with E-state index < -0.39 is 0 Å². The molecule has 1 aromatic heterocycles. The highest BCUT2D eigenvalue weighted by molar-refractivity contribution is 5.96. The van der Waals surface area contributed by atoms with Crippen molar-refractivity contribution in [3.8, 4) is 0 Å². The highest BCUT2D eigenvalue weighted by atomic mass is 16.5. The van der Waals surface area contributed by atoms with Crippen molar-refractivity contribution in [1.82, 2.24) is 10.3 Å². The first kappa shape index (κ1) is 15.4. The van der Waals surface area contributed by atoms with E-state index in [0.717, 1.165) is 18.7 Å². The monoisotopic (exact) mass is 266 g/mol. The topological polar surface area (TPSA) is 92.8 Å². The molecule has 0 unspecified atom stereocenters. The first-order valence-corrected chi connectivity index (χ1v) is 6.35. The smallest absolute Gasteiger partial charge is 0.189 e. The van der Waals surface area contributed by atoms with Crippen LogP contribution in [0.3, 0.4) is 0 Å². The summed E-state index contributed by atoms with van der Waals surface area (Å²) in [6, 6.07) is 3.71. The Morgan fingerprint density at radius 1 is 1.58 bits per heavy atom. The van der Waals surface area contributed by atoms with Crippen LogP contribution in [0.15, 0.2) is 23.5 Å². The molecule has 0 aliphatic heterocycles. The third-order valence-corrected chi connectivity index (χ3v) is 2.43. The molecule has 1 rings (SSSR count). The Kier molecular flexibility index (Phi) is 6.84. The highest BCUT2D eigenvalue weighted by Crippen LogP contribution is 2.04. The Hall–Kier alpha value is -1.66. The van der Waals surface area contributed by atoms with E-state index in [9.17, 15) is 0 Å². The minimum absolute atomic E-state index is 0.0217. The van der Waals surface area contributed by atoms with Gasteiger partial charge in [0.15, 0.2) is 5.84 Å². The number of pyridine rings is 1. The van der Waals surface area contributed by atoms with Crippen molar-refractivity contribution in [2.75, 3.05) is 19.8 Å². The molecule has 6 heteroatoms. The van der Waals surface area contributed by atoms with Gasteiger partial charge >= 0.3 is 0 Å². The van der Waals surface area contributed by atoms with E-state index in [1.165, 1.54) is 0 Å². The van der Waals surface area contributed by atoms with Gasteiger partial charge in [0, 0.05) is 25.9 Å². The van der Waals surface area contributed by atoms with Crippen molar-refractivity contribution >= 4 is 5.84 Å². The van der Waals surface area contributed by atoms with Gasteiger partial charge in [-0.05, 0) is 17.5 Å². The summed E-state index contributed by atoms with van der Waals surface area (Å²) in [7, 11) is 0. The van der Waals surface area contributed by atoms with Crippen molar-refractivity contribution in [2.24, 2.45) is 16.8 Å². The molecule has 0 saturated heterocycles. The number of oxime groups is 1. The van der Waals surface area contributed by atoms with Crippen molar-refractivity contribution in [3.63, 3.8) is 0 Å². The normalized spacial score (nSPS) is 12.1. The van der Waals surface area contributed by atoms with Crippen LogP contribution in [0.25, 0.3) is 0 Å². The lowest BCUT2D eigenvalue weighted by atomic mass is 10.2. The van der Waals surface area contributed by atoms with Crippen LogP contribution in [0.1, 0.15) is 25.1 Å². The van der Waals surface area contributed by atoms with Gasteiger partial charge < -0.3 is 21.0 Å². The van der Waals surface area contributed by atoms with Crippen LogP contribution < -0.4 is 11.1 Å². The van der Waals surface area contributed by atoms with Crippen LogP contribution in [0.5, 0.6) is 0 Å². The fraction of sp³-hybridized carbons (Fsp3) is 0.538. The molecule has 6 nitrogen and oxygen atoms in total. The molecule has 0 atom stereocenters. The van der Waals surface area contributed by atoms with Crippen LogP contribution in [0.2, 0.25) is 0 Å². The van der Waals surface area contributed by atoms with E-state index in [4.69, 9.17) is 15.7 Å². The maximum Gasteiger partial charge on any atom is 0.189 e. The van der Waals surface area contributed by atoms with Crippen LogP contribution >= 0.6 is 0 Å². The number of rotatable bonds is 8. The standard InChI is InChI=1S/C13H22N4O2/c1-10(2)9-19-7-6-15-8-11-4-3-5-16-12(11)13(14)17-18/h3-5,10,15,18H,6-9H2,1-2H3,(H2,14,17). The number of nitrogens with one attached hydrogen (secondary N) is 1. The molecular formula is C13H22N4O2. The molecule has 0 aliphatic rings. The zero-order chi connectivity index (χ0) is 14.1. The zero-order valence-electron chi connectivity index (χ0n) is 11.5. The molecular weight excluding hydrogens is 244 g/mol. The third kappa shape index (κ3) is 5.67. The number of ether oxygens (including phenoxy) is 1. The van der Waals surface area contributed by atoms with E-state index in [2.05, 4.69) is 29.3 Å². The minimum atomic E-state index is 0.0217. The predicted octanol–water partition coefficient (Wildman–Crippen LogP) is 0.938. The number of hydrogen-bond donors (Lipinski definition) is 3. The first-order chi connectivity index (χ1) is 9.15. The molecule has 4 N–H and O–H groups in total. The van der Waals surface area contributed by atoms with Gasteiger partial charge in [-0.2, -0.15) is 0 Å². The lowest BCUT2D eigenvalue weighted by molar-refractivity contribution is 0.111. The first-order valence-electron chi connectivity index (χ1n) is 6.35. The summed E-state index contributed by atoms with van der Waals surface area (Å²) in [6.45, 7) is 7.02. The van der Waals surface area contributed by atoms with Gasteiger partial charge in [0.2, 0.25) is 0 Å². The van der Waals surface area contributed by atoms with Gasteiger partial charge in [-0.3, -0.25) is 4.98 Å². The summed E-state index contributed by atoms with van der Waals surface area (Å²) >= 11 is 0. The molecule has 0 aliphatic carbocycles. The Balaban J connectivity index is 2.37. The van der Waals surface area contributed by atoms with Gasteiger partial charge in [-0.15, -0.1) is 0 Å². The van der Waals surface area contributed by atoms with Crippen molar-refractivity contribution < 1.29 is 9.94 Å². The molecule has 0 bridgehead atoms. The van der Waals surface area contributed by atoms with Crippen molar-refractivity contribution in [3.05, 3.63) is 29.6 Å². The Labute approximate surface area is 113 Å². The lowest BCUT2D eigenvalue weighted by Gasteiger charge is -2.10. The van der Waals surface area contributed by atoms with Gasteiger partial charge in [0.05, 0.1) is 6.61 Å². The van der Waals surface area contributed by atoms with E-state index in [1.54, 1.807) is 6.20 Å². The average molecular weight is 266 g/mol. The minimum Gasteiger partial charge on any atom is -0.409 e. The van der Waals surface area contributed by atoms with Crippen LogP contribution in [0.4, 0.5) is 0 Å². The molecule has 0 radical (unpaired) electrons. The maximum absolute atomic E-state index is 8.69. The SMILES string of the molecule is CC(C)COCCNCc1cccnc1/C(N)=N/O. The molecule has 1 aromatic rings. The summed E-state index contributed by atoms with van der Waals surface area (Å²) < 4.78 is 5.47. The third-order valence-electron chi connectivity index (χ3n) is 2.43. The second-order valence-electron chi connectivity index (χ2n) is 4.64. The molecule has 19 heavy (non-hydrogen) atoms. The number of aromatic nitrogens is 1. The quantitative estimate of drug-likeness (QED) is 0.214. The van der Waals surface area contributed by atoms with Gasteiger partial charge in [-0.1, -0.05) is 25.1 Å². The Bertz CT molecular complexity index is 407. The molecule has 0 aromatic carbocycles. The molecule has 0 amide bonds. The summed E-state index contributed by atoms with van der Waals surface area (Å²) in [5.74, 6) is 0.568. The maximum atomic E-state index is 8.69. The highest BCUT2D eigenvalue weighted by Gasteiger charge is 2.07. The number of amidine groups is 1. The second kappa shape index (κ2) is 8.44. The predicted molar refractivity (Wildman–Crippen MR) is 74.1 cm³/mol. The van der Waals surface area contributed by atoms with Crippen LogP contribution in [0, 0.1) is 5.92 Å². The number of hydrogen-bond acceptors (Lipinski definition) is 5. The summed E-state index contributed by atoms with van der Waals surface area (Å²) in [5, 5.41) is 14.9. The fourth-order valence-electron chi connectivity index (χ4n) is 1.55. The zero-order valence-corrected chi connectivity index (χ0v) is 11.5. The molecule has 0 saturated carbocycles. The van der Waals surface area contributed by atoms with Crippen LogP contribution in [-0.2, 0) is 11.3 Å². The van der Waals surface area contributed by atoms with Crippen molar-refractivity contribution in [2.45, 2.75) is 20.4 Å². The molecule has 0 fully saturated rings. The summed E-state index contributed by atoms with van der Waals surface area (Å²) in [5.41, 5.74) is 6.96. The molecule has 1 heterocycles. The number of nitrogens with two attached hydrogens (primary N) is 1. The lowest BCUT2D eigenvalue weighted by Crippen LogP contribution is -2.24. The van der Waals surface area contributed by atoms with Gasteiger partial charge in [-0.25, -0.2) is 0 Å². The summed E-state index contributed by atoms with van der Waals surface area (Å²) in [4.78, 5) is 4.10. The van der Waals surface area contributed by atoms with Gasteiger partial charge in [0.1, 0.15) is 5.69 Å².